The summed E-state index contributed by atoms with van der Waals surface area (Å²) in [6.45, 7) is 0. The molecule has 0 spiro atoms. The quantitative estimate of drug-likeness (QED) is 0.506. The molecule has 1 fully saturated rings. The molecule has 2 aliphatic carbocycles. The van der Waals surface area contributed by atoms with Crippen molar-refractivity contribution in [1.82, 2.24) is 0 Å². The standard InChI is InChI=1S/C13H2F4N4/c14-10-7(5(1-18)2-19)9-12(16)13(9,17)8(11(10)15)6(3-20)4-21/h9,12H. The van der Waals surface area contributed by atoms with Crippen LogP contribution in [0.1, 0.15) is 0 Å². The summed E-state index contributed by atoms with van der Waals surface area (Å²) < 4.78 is 56.1. The molecule has 0 N–H and O–H groups in total. The topological polar surface area (TPSA) is 95.2 Å². The van der Waals surface area contributed by atoms with E-state index in [4.69, 9.17) is 21.0 Å². The van der Waals surface area contributed by atoms with Gasteiger partial charge < -0.3 is 0 Å². The normalized spacial score (nSPS) is 29.5. The predicted octanol–water partition coefficient (Wildman–Crippen LogP) is 2.51. The number of nitrogens with zero attached hydrogens (tertiary/aromatic N) is 4. The maximum atomic E-state index is 14.5. The van der Waals surface area contributed by atoms with E-state index in [1.807, 2.05) is 0 Å². The molecule has 0 aromatic heterocycles. The number of halogens is 4. The Morgan fingerprint density at radius 1 is 0.905 bits per heavy atom. The molecule has 3 unspecified atom stereocenters. The lowest BCUT2D eigenvalue weighted by Gasteiger charge is -2.18. The molecule has 21 heavy (non-hydrogen) atoms. The van der Waals surface area contributed by atoms with Crippen LogP contribution in [0.5, 0.6) is 0 Å². The highest BCUT2D eigenvalue weighted by atomic mass is 19.2. The van der Waals surface area contributed by atoms with Crippen LogP contribution in [0.4, 0.5) is 17.6 Å². The zero-order chi connectivity index (χ0) is 15.9. The van der Waals surface area contributed by atoms with Gasteiger partial charge in [-0.05, 0) is 0 Å². The van der Waals surface area contributed by atoms with Crippen LogP contribution in [-0.2, 0) is 0 Å². The maximum absolute atomic E-state index is 14.5. The highest BCUT2D eigenvalue weighted by Crippen LogP contribution is 2.66. The lowest BCUT2D eigenvalue weighted by atomic mass is 9.88. The summed E-state index contributed by atoms with van der Waals surface area (Å²) >= 11 is 0. The highest BCUT2D eigenvalue weighted by Gasteiger charge is 2.76. The van der Waals surface area contributed by atoms with Crippen molar-refractivity contribution in [2.45, 2.75) is 11.8 Å². The number of hydrogen-bond acceptors (Lipinski definition) is 4. The Morgan fingerprint density at radius 3 is 1.81 bits per heavy atom. The third-order valence-corrected chi connectivity index (χ3v) is 3.35. The molecule has 0 saturated heterocycles. The largest absolute Gasteiger partial charge is 0.243 e. The molecule has 0 aromatic rings. The van der Waals surface area contributed by atoms with Gasteiger partial charge in [0, 0.05) is 5.57 Å². The number of alkyl halides is 2. The minimum absolute atomic E-state index is 0.954. The van der Waals surface area contributed by atoms with E-state index in [2.05, 4.69) is 0 Å². The first-order valence-electron chi connectivity index (χ1n) is 5.38. The third kappa shape index (κ3) is 1.57. The van der Waals surface area contributed by atoms with E-state index < -0.39 is 51.7 Å². The number of nitriles is 4. The monoisotopic (exact) mass is 290 g/mol. The first kappa shape index (κ1) is 14.3. The average molecular weight is 290 g/mol. The summed E-state index contributed by atoms with van der Waals surface area (Å²) in [5, 5.41) is 34.6. The van der Waals surface area contributed by atoms with Crippen LogP contribution >= 0.6 is 0 Å². The van der Waals surface area contributed by atoms with Crippen molar-refractivity contribution >= 4 is 0 Å². The van der Waals surface area contributed by atoms with E-state index in [1.165, 1.54) is 24.3 Å². The second-order valence-electron chi connectivity index (χ2n) is 4.26. The average Bonchev–Trinajstić information content (AvgIpc) is 3.02. The van der Waals surface area contributed by atoms with Crippen molar-refractivity contribution < 1.29 is 17.6 Å². The van der Waals surface area contributed by atoms with Gasteiger partial charge in [0.25, 0.3) is 0 Å². The van der Waals surface area contributed by atoms with Crippen molar-refractivity contribution in [2.24, 2.45) is 5.92 Å². The van der Waals surface area contributed by atoms with Crippen LogP contribution in [0, 0.1) is 51.2 Å². The van der Waals surface area contributed by atoms with E-state index in [9.17, 15) is 17.6 Å². The Morgan fingerprint density at radius 2 is 1.38 bits per heavy atom. The molecular weight excluding hydrogens is 288 g/mol. The zero-order valence-corrected chi connectivity index (χ0v) is 9.96. The van der Waals surface area contributed by atoms with Gasteiger partial charge in [0.15, 0.2) is 17.3 Å². The minimum atomic E-state index is -3.12. The number of fused-ring (bicyclic) bond motifs is 1. The number of rotatable bonds is 0. The van der Waals surface area contributed by atoms with Gasteiger partial charge in [0.2, 0.25) is 0 Å². The van der Waals surface area contributed by atoms with E-state index in [1.54, 1.807) is 0 Å². The van der Waals surface area contributed by atoms with E-state index in [0.717, 1.165) is 0 Å². The Balaban J connectivity index is 2.89. The fourth-order valence-corrected chi connectivity index (χ4v) is 2.35. The molecular formula is C13H2F4N4. The maximum Gasteiger partial charge on any atom is 0.182 e. The smallest absolute Gasteiger partial charge is 0.182 e. The van der Waals surface area contributed by atoms with Crippen LogP contribution in [0.2, 0.25) is 0 Å². The molecule has 4 nitrogen and oxygen atoms in total. The van der Waals surface area contributed by atoms with Crippen molar-refractivity contribution in [2.75, 3.05) is 0 Å². The summed E-state index contributed by atoms with van der Waals surface area (Å²) in [6.07, 6.45) is -2.45. The zero-order valence-electron chi connectivity index (χ0n) is 9.96. The van der Waals surface area contributed by atoms with Gasteiger partial charge in [-0.1, -0.05) is 0 Å². The van der Waals surface area contributed by atoms with Crippen LogP contribution in [0.25, 0.3) is 0 Å². The predicted molar refractivity (Wildman–Crippen MR) is 58.0 cm³/mol. The fourth-order valence-electron chi connectivity index (χ4n) is 2.35. The molecule has 0 amide bonds. The van der Waals surface area contributed by atoms with Gasteiger partial charge in [-0.15, -0.1) is 0 Å². The van der Waals surface area contributed by atoms with Gasteiger partial charge in [0.1, 0.15) is 41.6 Å². The summed E-state index contributed by atoms with van der Waals surface area (Å²) in [5.74, 6) is -5.66. The van der Waals surface area contributed by atoms with Crippen molar-refractivity contribution in [3.63, 3.8) is 0 Å². The molecule has 0 aliphatic heterocycles. The molecule has 3 atom stereocenters. The summed E-state index contributed by atoms with van der Waals surface area (Å²) in [4.78, 5) is 0. The molecule has 0 heterocycles. The molecule has 102 valence electrons. The molecule has 2 aliphatic rings. The van der Waals surface area contributed by atoms with Crippen molar-refractivity contribution in [3.05, 3.63) is 33.9 Å². The Hall–Kier alpha value is -3.10. The van der Waals surface area contributed by atoms with Gasteiger partial charge >= 0.3 is 0 Å². The van der Waals surface area contributed by atoms with E-state index in [-0.39, 0.29) is 0 Å². The van der Waals surface area contributed by atoms with Crippen LogP contribution < -0.4 is 0 Å². The van der Waals surface area contributed by atoms with Gasteiger partial charge in [0.05, 0.1) is 11.5 Å². The molecule has 1 saturated carbocycles. The molecule has 2 rings (SSSR count). The lowest BCUT2D eigenvalue weighted by Crippen LogP contribution is -2.20. The van der Waals surface area contributed by atoms with E-state index >= 15 is 0 Å². The SMILES string of the molecule is N#CC(C#N)=C1C(F)=C(F)C(=C(C#N)C#N)C2(F)C(F)C12. The second kappa shape index (κ2) is 4.47. The Labute approximate surface area is 115 Å². The summed E-state index contributed by atoms with van der Waals surface area (Å²) in [5.41, 5.74) is -7.48. The van der Waals surface area contributed by atoms with Gasteiger partial charge in [-0.2, -0.15) is 21.0 Å². The summed E-state index contributed by atoms with van der Waals surface area (Å²) in [6, 6.07) is 4.82. The van der Waals surface area contributed by atoms with Crippen LogP contribution in [-0.4, -0.2) is 11.8 Å². The van der Waals surface area contributed by atoms with Gasteiger partial charge in [-0.25, -0.2) is 17.6 Å². The van der Waals surface area contributed by atoms with Gasteiger partial charge in [-0.3, -0.25) is 0 Å². The Kier molecular flexibility index (Phi) is 3.05. The number of hydrogen-bond donors (Lipinski definition) is 0. The minimum Gasteiger partial charge on any atom is -0.243 e. The molecule has 8 heteroatoms. The first-order chi connectivity index (χ1) is 9.89. The Bertz CT molecular complexity index is 777. The third-order valence-electron chi connectivity index (χ3n) is 3.35. The van der Waals surface area contributed by atoms with Crippen molar-refractivity contribution in [1.29, 1.82) is 21.0 Å². The van der Waals surface area contributed by atoms with Crippen LogP contribution in [0.15, 0.2) is 33.9 Å². The van der Waals surface area contributed by atoms with E-state index in [0.29, 0.717) is 0 Å². The first-order valence-corrected chi connectivity index (χ1v) is 5.38. The molecule has 0 bridgehead atoms. The second-order valence-corrected chi connectivity index (χ2v) is 4.26. The van der Waals surface area contributed by atoms with Crippen LogP contribution in [0.3, 0.4) is 0 Å². The summed E-state index contributed by atoms with van der Waals surface area (Å²) in [7, 11) is 0. The molecule has 0 radical (unpaired) electrons. The van der Waals surface area contributed by atoms with Crippen molar-refractivity contribution in [3.8, 4) is 24.3 Å². The fraction of sp³-hybridized carbons (Fsp3) is 0.231. The molecule has 0 aromatic carbocycles. The number of allylic oxidation sites excluding steroid dienone is 6. The highest BCUT2D eigenvalue weighted by molar-refractivity contribution is 5.68. The lowest BCUT2D eigenvalue weighted by molar-refractivity contribution is 0.275.